The molecular formula is C24H27N3O4S. The molecule has 0 atom stereocenters. The highest BCUT2D eigenvalue weighted by molar-refractivity contribution is 7.93. The summed E-state index contributed by atoms with van der Waals surface area (Å²) < 4.78 is 34.2. The van der Waals surface area contributed by atoms with Gasteiger partial charge in [0.25, 0.3) is 10.0 Å². The molecule has 0 saturated carbocycles. The van der Waals surface area contributed by atoms with Crippen molar-refractivity contribution in [3.8, 4) is 5.75 Å². The van der Waals surface area contributed by atoms with Crippen LogP contribution in [0.2, 0.25) is 0 Å². The molecule has 1 aliphatic rings. The van der Waals surface area contributed by atoms with Gasteiger partial charge in [0.05, 0.1) is 17.7 Å². The first-order valence-corrected chi connectivity index (χ1v) is 12.2. The minimum Gasteiger partial charge on any atom is -0.497 e. The van der Waals surface area contributed by atoms with Gasteiger partial charge < -0.3 is 9.64 Å². The number of nitrogens with zero attached hydrogens (tertiary/aromatic N) is 3. The average Bonchev–Trinajstić information content (AvgIpc) is 3.12. The fourth-order valence-electron chi connectivity index (χ4n) is 4.04. The second-order valence-corrected chi connectivity index (χ2v) is 9.69. The van der Waals surface area contributed by atoms with E-state index >= 15 is 0 Å². The summed E-state index contributed by atoms with van der Waals surface area (Å²) in [5, 5.41) is 1.30. The van der Waals surface area contributed by atoms with Gasteiger partial charge in [-0.05, 0) is 49.2 Å². The Morgan fingerprint density at radius 3 is 2.44 bits per heavy atom. The summed E-state index contributed by atoms with van der Waals surface area (Å²) in [7, 11) is -2.47. The van der Waals surface area contributed by atoms with Crippen LogP contribution in [0.3, 0.4) is 0 Å². The number of rotatable bonds is 6. The highest BCUT2D eigenvalue weighted by Gasteiger charge is 2.30. The second kappa shape index (κ2) is 9.56. The molecule has 2 heterocycles. The van der Waals surface area contributed by atoms with Crippen molar-refractivity contribution in [1.82, 2.24) is 9.88 Å². The van der Waals surface area contributed by atoms with Crippen LogP contribution in [-0.2, 0) is 14.8 Å². The fraction of sp³-hybridized carbons (Fsp3) is 0.333. The zero-order valence-electron chi connectivity index (χ0n) is 18.1. The Bertz CT molecular complexity index is 1180. The summed E-state index contributed by atoms with van der Waals surface area (Å²) in [4.78, 5) is 19.2. The molecule has 168 valence electrons. The molecule has 2 aromatic carbocycles. The molecule has 0 radical (unpaired) electrons. The lowest BCUT2D eigenvalue weighted by molar-refractivity contribution is -0.129. The molecule has 1 saturated heterocycles. The molecule has 1 fully saturated rings. The van der Waals surface area contributed by atoms with Crippen molar-refractivity contribution in [2.75, 3.05) is 31.0 Å². The Labute approximate surface area is 188 Å². The maximum Gasteiger partial charge on any atom is 0.265 e. The number of pyridine rings is 1. The van der Waals surface area contributed by atoms with Crippen LogP contribution in [0.4, 0.5) is 5.69 Å². The number of sulfonamides is 1. The molecule has 0 bridgehead atoms. The van der Waals surface area contributed by atoms with Gasteiger partial charge in [-0.1, -0.05) is 25.0 Å². The molecule has 0 unspecified atom stereocenters. The maximum atomic E-state index is 13.9. The Morgan fingerprint density at radius 2 is 1.75 bits per heavy atom. The number of hydrogen-bond acceptors (Lipinski definition) is 5. The average molecular weight is 454 g/mol. The summed E-state index contributed by atoms with van der Waals surface area (Å²) in [5.74, 6) is 0.425. The highest BCUT2D eigenvalue weighted by atomic mass is 32.2. The largest absolute Gasteiger partial charge is 0.497 e. The lowest BCUT2D eigenvalue weighted by Crippen LogP contribution is -2.43. The number of anilines is 1. The molecule has 4 rings (SSSR count). The number of benzene rings is 2. The highest BCUT2D eigenvalue weighted by Crippen LogP contribution is 2.30. The van der Waals surface area contributed by atoms with Crippen molar-refractivity contribution in [2.45, 2.75) is 30.6 Å². The van der Waals surface area contributed by atoms with E-state index in [-0.39, 0.29) is 17.3 Å². The van der Waals surface area contributed by atoms with Crippen molar-refractivity contribution < 1.29 is 17.9 Å². The van der Waals surface area contributed by atoms with Crippen molar-refractivity contribution in [3.05, 3.63) is 60.9 Å². The lowest BCUT2D eigenvalue weighted by atomic mass is 10.2. The molecule has 1 aromatic heterocycles. The molecule has 1 aliphatic heterocycles. The van der Waals surface area contributed by atoms with Crippen molar-refractivity contribution >= 4 is 32.4 Å². The van der Waals surface area contributed by atoms with Gasteiger partial charge in [0.1, 0.15) is 12.3 Å². The van der Waals surface area contributed by atoms with E-state index in [1.807, 2.05) is 6.07 Å². The lowest BCUT2D eigenvalue weighted by Gasteiger charge is -2.28. The van der Waals surface area contributed by atoms with Gasteiger partial charge in [0, 0.05) is 36.3 Å². The van der Waals surface area contributed by atoms with Gasteiger partial charge in [-0.15, -0.1) is 0 Å². The van der Waals surface area contributed by atoms with E-state index in [1.54, 1.807) is 66.9 Å². The summed E-state index contributed by atoms with van der Waals surface area (Å²) in [6.07, 6.45) is 7.27. The molecule has 32 heavy (non-hydrogen) atoms. The minimum absolute atomic E-state index is 0.150. The van der Waals surface area contributed by atoms with Gasteiger partial charge in [-0.25, -0.2) is 8.42 Å². The number of fused-ring (bicyclic) bond motifs is 1. The number of carbonyl (C=O) groups is 1. The van der Waals surface area contributed by atoms with Crippen molar-refractivity contribution in [2.24, 2.45) is 0 Å². The van der Waals surface area contributed by atoms with Crippen LogP contribution in [0.5, 0.6) is 5.75 Å². The monoisotopic (exact) mass is 453 g/mol. The van der Waals surface area contributed by atoms with Crippen molar-refractivity contribution in [3.63, 3.8) is 0 Å². The molecule has 0 aliphatic carbocycles. The van der Waals surface area contributed by atoms with Crippen molar-refractivity contribution in [1.29, 1.82) is 0 Å². The number of amides is 1. The third-order valence-corrected chi connectivity index (χ3v) is 7.64. The molecule has 0 spiro atoms. The molecule has 0 N–H and O–H groups in total. The van der Waals surface area contributed by atoms with Crippen LogP contribution in [-0.4, -0.2) is 51.0 Å². The topological polar surface area (TPSA) is 79.8 Å². The van der Waals surface area contributed by atoms with Gasteiger partial charge in [0.15, 0.2) is 0 Å². The minimum atomic E-state index is -4.03. The predicted molar refractivity (Wildman–Crippen MR) is 124 cm³/mol. The number of ether oxygens (including phenoxy) is 1. The molecule has 3 aromatic rings. The van der Waals surface area contributed by atoms with E-state index in [4.69, 9.17) is 4.74 Å². The first-order valence-electron chi connectivity index (χ1n) is 10.8. The molecule has 1 amide bonds. The van der Waals surface area contributed by atoms with Gasteiger partial charge in [-0.3, -0.25) is 14.1 Å². The number of aromatic nitrogens is 1. The normalized spacial score (nSPS) is 14.7. The number of hydrogen-bond donors (Lipinski definition) is 0. The summed E-state index contributed by atoms with van der Waals surface area (Å²) >= 11 is 0. The Hall–Kier alpha value is -3.13. The second-order valence-electron chi connectivity index (χ2n) is 7.86. The van der Waals surface area contributed by atoms with E-state index < -0.39 is 10.0 Å². The van der Waals surface area contributed by atoms with Crippen LogP contribution < -0.4 is 9.04 Å². The zero-order chi connectivity index (χ0) is 22.6. The summed E-state index contributed by atoms with van der Waals surface area (Å²) in [6, 6.07) is 13.5. The van der Waals surface area contributed by atoms with Crippen LogP contribution in [0.25, 0.3) is 10.8 Å². The quantitative estimate of drug-likeness (QED) is 0.567. The van der Waals surface area contributed by atoms with E-state index in [0.29, 0.717) is 29.9 Å². The number of methoxy groups -OCH3 is 1. The number of likely N-dealkylation sites (tertiary alicyclic amines) is 1. The smallest absolute Gasteiger partial charge is 0.265 e. The Morgan fingerprint density at radius 1 is 1.03 bits per heavy atom. The predicted octanol–water partition coefficient (Wildman–Crippen LogP) is 3.84. The standard InChI is InChI=1S/C24H27N3O4S/c1-31-21-11-9-20(10-12-21)27(18-24(28)26-15-4-2-3-5-16-26)32(29,30)23-8-6-7-19-17-25-14-13-22(19)23/h6-14,17H,2-5,15-16,18H2,1H3. The summed E-state index contributed by atoms with van der Waals surface area (Å²) in [6.45, 7) is 1.07. The third-order valence-electron chi connectivity index (χ3n) is 5.81. The van der Waals surface area contributed by atoms with Crippen LogP contribution in [0.1, 0.15) is 25.7 Å². The fourth-order valence-corrected chi connectivity index (χ4v) is 5.67. The SMILES string of the molecule is COc1ccc(N(CC(=O)N2CCCCCC2)S(=O)(=O)c2cccc3cnccc23)cc1. The summed E-state index contributed by atoms with van der Waals surface area (Å²) in [5.41, 5.74) is 0.417. The molecular weight excluding hydrogens is 426 g/mol. The Kier molecular flexibility index (Phi) is 6.60. The van der Waals surface area contributed by atoms with Crippen LogP contribution in [0, 0.1) is 0 Å². The van der Waals surface area contributed by atoms with Gasteiger partial charge in [-0.2, -0.15) is 0 Å². The molecule has 7 nitrogen and oxygen atoms in total. The first-order chi connectivity index (χ1) is 15.5. The first kappa shape index (κ1) is 22.1. The molecule has 8 heteroatoms. The maximum absolute atomic E-state index is 13.9. The van der Waals surface area contributed by atoms with Crippen LogP contribution >= 0.6 is 0 Å². The Balaban J connectivity index is 1.76. The van der Waals surface area contributed by atoms with Crippen LogP contribution in [0.15, 0.2) is 65.8 Å². The van der Waals surface area contributed by atoms with E-state index in [1.165, 1.54) is 4.31 Å². The third kappa shape index (κ3) is 4.55. The zero-order valence-corrected chi connectivity index (χ0v) is 18.9. The van der Waals surface area contributed by atoms with Gasteiger partial charge >= 0.3 is 0 Å². The van der Waals surface area contributed by atoms with E-state index in [2.05, 4.69) is 4.98 Å². The van der Waals surface area contributed by atoms with E-state index in [0.717, 1.165) is 31.1 Å². The van der Waals surface area contributed by atoms with E-state index in [9.17, 15) is 13.2 Å². The van der Waals surface area contributed by atoms with Gasteiger partial charge in [0.2, 0.25) is 5.91 Å². The number of carbonyl (C=O) groups excluding carboxylic acids is 1.